The van der Waals surface area contributed by atoms with Crippen LogP contribution in [0.3, 0.4) is 0 Å². The molecule has 13 rings (SSSR count). The molecule has 0 saturated carbocycles. The van der Waals surface area contributed by atoms with E-state index in [2.05, 4.69) is 242 Å². The number of ether oxygens (including phenoxy) is 2. The second-order valence-corrected chi connectivity index (χ2v) is 20.8. The second kappa shape index (κ2) is 20.9. The van der Waals surface area contributed by atoms with Crippen LogP contribution in [0.4, 0.5) is 34.1 Å². The normalized spacial score (nSPS) is 11.7. The van der Waals surface area contributed by atoms with E-state index in [1.54, 1.807) is 0 Å². The Morgan fingerprint density at radius 2 is 0.628 bits per heavy atom. The molecule has 13 aromatic rings. The van der Waals surface area contributed by atoms with Crippen molar-refractivity contribution in [2.75, 3.05) is 23.0 Å². The molecule has 0 heterocycles. The summed E-state index contributed by atoms with van der Waals surface area (Å²) >= 11 is 0. The maximum absolute atomic E-state index is 5.97. The van der Waals surface area contributed by atoms with Gasteiger partial charge in [-0.2, -0.15) is 0 Å². The number of nitrogens with zero attached hydrogens (tertiary/aromatic N) is 2. The molecule has 0 N–H and O–H groups in total. The predicted molar refractivity (Wildman–Crippen MR) is 334 cm³/mol. The van der Waals surface area contributed by atoms with Crippen molar-refractivity contribution in [3.05, 3.63) is 230 Å². The van der Waals surface area contributed by atoms with Gasteiger partial charge in [-0.05, 0) is 212 Å². The summed E-state index contributed by atoms with van der Waals surface area (Å²) in [6.45, 7) is 9.84. The summed E-state index contributed by atoms with van der Waals surface area (Å²) in [5.41, 5.74) is 14.4. The number of hydrogen-bond donors (Lipinski definition) is 0. The molecule has 0 saturated heterocycles. The maximum Gasteiger partial charge on any atom is 0.119 e. The van der Waals surface area contributed by atoms with Crippen LogP contribution in [0.5, 0.6) is 11.5 Å². The highest BCUT2D eigenvalue weighted by Gasteiger charge is 2.30. The summed E-state index contributed by atoms with van der Waals surface area (Å²) in [7, 11) is 0. The highest BCUT2D eigenvalue weighted by atomic mass is 16.5. The number of rotatable bonds is 18. The van der Waals surface area contributed by atoms with E-state index in [0.29, 0.717) is 13.2 Å². The van der Waals surface area contributed by atoms with Gasteiger partial charge in [0, 0.05) is 33.5 Å². The molecular formula is C74H64N2O2. The summed E-state index contributed by atoms with van der Waals surface area (Å²) in [6.07, 6.45) is 6.85. The number of aryl methyl sites for hydroxylation is 2. The van der Waals surface area contributed by atoms with Gasteiger partial charge in [0.25, 0.3) is 0 Å². The Balaban J connectivity index is 1.11. The van der Waals surface area contributed by atoms with Gasteiger partial charge in [-0.15, -0.1) is 0 Å². The fourth-order valence-corrected chi connectivity index (χ4v) is 12.6. The fourth-order valence-electron chi connectivity index (χ4n) is 12.6. The Labute approximate surface area is 458 Å². The lowest BCUT2D eigenvalue weighted by atomic mass is 9.87. The Morgan fingerprint density at radius 1 is 0.295 bits per heavy atom. The number of hydrogen-bond acceptors (Lipinski definition) is 4. The van der Waals surface area contributed by atoms with E-state index in [0.717, 1.165) is 58.5 Å². The molecule has 78 heavy (non-hydrogen) atoms. The maximum atomic E-state index is 5.97. The molecule has 0 atom stereocenters. The fraction of sp³-hybridized carbons (Fsp3) is 0.162. The first kappa shape index (κ1) is 48.8. The molecule has 0 amide bonds. The summed E-state index contributed by atoms with van der Waals surface area (Å²) < 4.78 is 11.9. The monoisotopic (exact) mass is 1010 g/mol. The van der Waals surface area contributed by atoms with Crippen molar-refractivity contribution in [3.63, 3.8) is 0 Å². The van der Waals surface area contributed by atoms with E-state index in [1.165, 1.54) is 124 Å². The largest absolute Gasteiger partial charge is 0.494 e. The number of anilines is 6. The first-order valence-electron chi connectivity index (χ1n) is 28.3. The van der Waals surface area contributed by atoms with Crippen molar-refractivity contribution in [3.8, 4) is 33.8 Å². The third kappa shape index (κ3) is 8.39. The zero-order valence-corrected chi connectivity index (χ0v) is 45.2. The number of unbranched alkanes of at least 4 members (excludes halogenated alkanes) is 2. The molecule has 0 aromatic heterocycles. The Kier molecular flexibility index (Phi) is 13.1. The van der Waals surface area contributed by atoms with Crippen LogP contribution >= 0.6 is 0 Å². The van der Waals surface area contributed by atoms with Crippen molar-refractivity contribution in [1.82, 2.24) is 0 Å². The molecule has 382 valence electrons. The van der Waals surface area contributed by atoms with E-state index >= 15 is 0 Å². The van der Waals surface area contributed by atoms with Crippen molar-refractivity contribution in [1.29, 1.82) is 0 Å². The topological polar surface area (TPSA) is 24.9 Å². The minimum Gasteiger partial charge on any atom is -0.494 e. The molecular weight excluding hydrogens is 949 g/mol. The molecule has 0 fully saturated rings. The summed E-state index contributed by atoms with van der Waals surface area (Å²) in [5.74, 6) is 1.74. The van der Waals surface area contributed by atoms with E-state index in [9.17, 15) is 0 Å². The quantitative estimate of drug-likeness (QED) is 0.0855. The van der Waals surface area contributed by atoms with Crippen molar-refractivity contribution >= 4 is 98.8 Å². The van der Waals surface area contributed by atoms with Gasteiger partial charge >= 0.3 is 0 Å². The zero-order valence-electron chi connectivity index (χ0n) is 45.2. The van der Waals surface area contributed by atoms with Crippen molar-refractivity contribution in [2.45, 2.75) is 66.2 Å². The molecule has 4 heteroatoms. The third-order valence-corrected chi connectivity index (χ3v) is 16.1. The lowest BCUT2D eigenvalue weighted by Crippen LogP contribution is -2.10. The Bertz CT molecular complexity index is 3880. The van der Waals surface area contributed by atoms with Gasteiger partial charge in [-0.25, -0.2) is 0 Å². The van der Waals surface area contributed by atoms with E-state index < -0.39 is 0 Å². The Hall–Kier alpha value is -8.86. The van der Waals surface area contributed by atoms with Crippen LogP contribution in [0, 0.1) is 0 Å². The molecule has 13 aromatic carbocycles. The lowest BCUT2D eigenvalue weighted by molar-refractivity contribution is 0.340. The van der Waals surface area contributed by atoms with E-state index in [4.69, 9.17) is 9.47 Å². The van der Waals surface area contributed by atoms with Crippen LogP contribution in [0.2, 0.25) is 0 Å². The van der Waals surface area contributed by atoms with Crippen LogP contribution in [0.15, 0.2) is 218 Å². The van der Waals surface area contributed by atoms with E-state index in [1.807, 2.05) is 13.8 Å². The third-order valence-electron chi connectivity index (χ3n) is 16.1. The van der Waals surface area contributed by atoms with Gasteiger partial charge in [0.05, 0.1) is 24.6 Å². The SMILES string of the molecule is CCCCc1ccc(N(c2ccc(OCC)cc2)c2ccc3c4c(-c5ccccc5)c5c6ccc(N(c7ccc(CCCC)cc7)c7ccc(OCC)cc7)c7cccc(c5c(-c5ccccc5)c4c4cccc2c43)c76)cc1. The highest BCUT2D eigenvalue weighted by molar-refractivity contribution is 6.47. The van der Waals surface area contributed by atoms with Crippen LogP contribution in [0.1, 0.15) is 64.5 Å². The van der Waals surface area contributed by atoms with Gasteiger partial charge in [-0.1, -0.05) is 160 Å². The summed E-state index contributed by atoms with van der Waals surface area (Å²) in [5, 5.41) is 15.1. The van der Waals surface area contributed by atoms with Gasteiger partial charge in [0.1, 0.15) is 11.5 Å². The molecule has 0 bridgehead atoms. The summed E-state index contributed by atoms with van der Waals surface area (Å²) in [6, 6.07) is 81.6. The molecule has 0 aliphatic rings. The van der Waals surface area contributed by atoms with Gasteiger partial charge in [0.15, 0.2) is 0 Å². The molecule has 0 radical (unpaired) electrons. The van der Waals surface area contributed by atoms with Crippen LogP contribution in [-0.4, -0.2) is 13.2 Å². The van der Waals surface area contributed by atoms with Crippen molar-refractivity contribution in [2.24, 2.45) is 0 Å². The second-order valence-electron chi connectivity index (χ2n) is 20.8. The number of fused-ring (bicyclic) bond motifs is 6. The number of benzene rings is 11. The molecule has 0 aliphatic heterocycles. The lowest BCUT2D eigenvalue weighted by Gasteiger charge is -2.27. The van der Waals surface area contributed by atoms with Crippen LogP contribution in [0.25, 0.3) is 86.9 Å². The van der Waals surface area contributed by atoms with E-state index in [-0.39, 0.29) is 0 Å². The molecule has 0 unspecified atom stereocenters. The van der Waals surface area contributed by atoms with Gasteiger partial charge in [-0.3, -0.25) is 0 Å². The molecule has 0 aliphatic carbocycles. The Morgan fingerprint density at radius 3 is 0.974 bits per heavy atom. The van der Waals surface area contributed by atoms with Crippen LogP contribution in [-0.2, 0) is 12.8 Å². The first-order chi connectivity index (χ1) is 38.6. The molecule has 0 spiro atoms. The smallest absolute Gasteiger partial charge is 0.119 e. The van der Waals surface area contributed by atoms with Crippen molar-refractivity contribution < 1.29 is 9.47 Å². The summed E-state index contributed by atoms with van der Waals surface area (Å²) in [4.78, 5) is 4.88. The predicted octanol–water partition coefficient (Wildman–Crippen LogP) is 21.2. The molecule has 4 nitrogen and oxygen atoms in total. The minimum atomic E-state index is 0.621. The average Bonchev–Trinajstić information content (AvgIpc) is 3.69. The van der Waals surface area contributed by atoms with Gasteiger partial charge < -0.3 is 19.3 Å². The van der Waals surface area contributed by atoms with Crippen LogP contribution < -0.4 is 19.3 Å². The zero-order chi connectivity index (χ0) is 52.7. The van der Waals surface area contributed by atoms with Gasteiger partial charge in [0.2, 0.25) is 0 Å². The minimum absolute atomic E-state index is 0.621. The first-order valence-corrected chi connectivity index (χ1v) is 28.3. The average molecular weight is 1010 g/mol. The standard InChI is InChI=1S/C74H64N2O2/c1-5-9-19-49-29-33-53(34-30-49)75(55-37-41-57(42-38-55)77-7-3)65-47-45-63-69-59(65)25-17-27-61(69)71-67(51-21-13-11-14-22-51)72-62-28-18-26-60-66(48-46-64(70(60)62)74(72)68(73(63)71)52-23-15-12-16-24-52)76(56-39-43-58(44-40-56)78-8-4)54-35-31-50(32-36-54)20-10-6-2/h11-18,21-48H,5-10,19-20H2,1-4H3. The highest BCUT2D eigenvalue weighted by Crippen LogP contribution is 2.57.